The van der Waals surface area contributed by atoms with Crippen LogP contribution in [0.15, 0.2) is 54.1 Å². The molecule has 4 rings (SSSR count). The minimum absolute atomic E-state index is 0.194. The Kier molecular flexibility index (Phi) is 5.31. The maximum atomic E-state index is 13.8. The summed E-state index contributed by atoms with van der Waals surface area (Å²) in [6, 6.07) is 6.34. The van der Waals surface area contributed by atoms with Crippen molar-refractivity contribution in [2.75, 3.05) is 33.9 Å². The Morgan fingerprint density at radius 3 is 2.96 bits per heavy atom. The summed E-state index contributed by atoms with van der Waals surface area (Å²) in [6.07, 6.45) is 6.65. The first kappa shape index (κ1) is 18.5. The molecule has 1 aromatic carbocycles. The summed E-state index contributed by atoms with van der Waals surface area (Å²) in [6.45, 7) is 1.82. The number of hydrogen-bond donors (Lipinski definition) is 0. The van der Waals surface area contributed by atoms with Crippen LogP contribution in [0.25, 0.3) is 0 Å². The van der Waals surface area contributed by atoms with Crippen LogP contribution in [0.4, 0.5) is 4.39 Å². The lowest BCUT2D eigenvalue weighted by molar-refractivity contribution is -0.0640. The second-order valence-electron chi connectivity index (χ2n) is 6.68. The zero-order valence-corrected chi connectivity index (χ0v) is 15.8. The fourth-order valence-electron chi connectivity index (χ4n) is 3.48. The molecule has 7 nitrogen and oxygen atoms in total. The van der Waals surface area contributed by atoms with Crippen LogP contribution in [0.1, 0.15) is 17.4 Å². The molecule has 2 atom stereocenters. The smallest absolute Gasteiger partial charge is 0.178 e. The molecule has 2 aromatic rings. The Balaban J connectivity index is 1.58. The first-order valence-corrected chi connectivity index (χ1v) is 9.09. The van der Waals surface area contributed by atoms with Crippen LogP contribution in [-0.2, 0) is 4.74 Å². The molecule has 0 bridgehead atoms. The zero-order valence-electron chi connectivity index (χ0n) is 15.8. The van der Waals surface area contributed by atoms with Crippen molar-refractivity contribution >= 4 is 5.71 Å². The quantitative estimate of drug-likeness (QED) is 0.807. The van der Waals surface area contributed by atoms with E-state index in [-0.39, 0.29) is 18.2 Å². The Bertz CT molecular complexity index is 889. The third kappa shape index (κ3) is 3.74. The average molecular weight is 383 g/mol. The minimum atomic E-state index is -0.307. The highest BCUT2D eigenvalue weighted by Crippen LogP contribution is 2.32. The van der Waals surface area contributed by atoms with E-state index in [1.807, 2.05) is 30.3 Å². The van der Waals surface area contributed by atoms with Crippen molar-refractivity contribution in [3.8, 4) is 5.75 Å². The standard InChI is InChI=1S/C20H22FN5O2/c1-25-8-6-17(16-5-7-22-13-23-16)24-20(25)26-9-10-28-19(12-26)15-11-14(21)3-4-18(15)27-2/h3-8,11,13,19-20H,9-10,12H2,1-2H3. The summed E-state index contributed by atoms with van der Waals surface area (Å²) < 4.78 is 25.2. The Morgan fingerprint density at radius 1 is 1.29 bits per heavy atom. The van der Waals surface area contributed by atoms with Gasteiger partial charge < -0.3 is 14.4 Å². The predicted octanol–water partition coefficient (Wildman–Crippen LogP) is 2.23. The summed E-state index contributed by atoms with van der Waals surface area (Å²) in [5.74, 6) is 0.314. The van der Waals surface area contributed by atoms with Crippen LogP contribution in [0.2, 0.25) is 0 Å². The van der Waals surface area contributed by atoms with Crippen molar-refractivity contribution < 1.29 is 13.9 Å². The van der Waals surface area contributed by atoms with Gasteiger partial charge >= 0.3 is 0 Å². The van der Waals surface area contributed by atoms with Crippen molar-refractivity contribution in [3.05, 3.63) is 66.1 Å². The van der Waals surface area contributed by atoms with Crippen LogP contribution in [0.5, 0.6) is 5.75 Å². The van der Waals surface area contributed by atoms with Crippen LogP contribution < -0.4 is 4.74 Å². The molecule has 3 heterocycles. The molecule has 0 aliphatic carbocycles. The van der Waals surface area contributed by atoms with E-state index in [4.69, 9.17) is 14.5 Å². The first-order chi connectivity index (χ1) is 13.7. The Morgan fingerprint density at radius 2 is 2.18 bits per heavy atom. The number of morpholine rings is 1. The molecular weight excluding hydrogens is 361 g/mol. The van der Waals surface area contributed by atoms with E-state index in [9.17, 15) is 4.39 Å². The lowest BCUT2D eigenvalue weighted by Crippen LogP contribution is -2.50. The van der Waals surface area contributed by atoms with Gasteiger partial charge in [-0.25, -0.2) is 19.4 Å². The Labute approximate surface area is 163 Å². The lowest BCUT2D eigenvalue weighted by Gasteiger charge is -2.41. The van der Waals surface area contributed by atoms with Gasteiger partial charge in [0.25, 0.3) is 0 Å². The molecule has 1 aromatic heterocycles. The summed E-state index contributed by atoms with van der Waals surface area (Å²) >= 11 is 0. The number of halogens is 1. The van der Waals surface area contributed by atoms with Gasteiger partial charge in [-0.05, 0) is 30.3 Å². The molecule has 146 valence electrons. The third-order valence-electron chi connectivity index (χ3n) is 4.89. The van der Waals surface area contributed by atoms with E-state index in [1.165, 1.54) is 18.5 Å². The van der Waals surface area contributed by atoms with Gasteiger partial charge in [-0.3, -0.25) is 4.90 Å². The summed E-state index contributed by atoms with van der Waals surface area (Å²) in [7, 11) is 3.56. The van der Waals surface area contributed by atoms with Crippen molar-refractivity contribution in [2.45, 2.75) is 12.4 Å². The van der Waals surface area contributed by atoms with E-state index in [0.29, 0.717) is 24.5 Å². The summed E-state index contributed by atoms with van der Waals surface area (Å²) in [4.78, 5) is 17.4. The number of nitrogens with zero attached hydrogens (tertiary/aromatic N) is 5. The maximum Gasteiger partial charge on any atom is 0.178 e. The van der Waals surface area contributed by atoms with Crippen LogP contribution >= 0.6 is 0 Å². The molecule has 0 saturated carbocycles. The number of allylic oxidation sites excluding steroid dienone is 1. The molecule has 0 radical (unpaired) electrons. The average Bonchev–Trinajstić information content (AvgIpc) is 2.75. The number of aromatic nitrogens is 2. The van der Waals surface area contributed by atoms with Gasteiger partial charge in [-0.2, -0.15) is 0 Å². The van der Waals surface area contributed by atoms with Gasteiger partial charge in [0.05, 0.1) is 31.2 Å². The highest BCUT2D eigenvalue weighted by Gasteiger charge is 2.31. The number of methoxy groups -OCH3 is 1. The van der Waals surface area contributed by atoms with Crippen molar-refractivity contribution in [2.24, 2.45) is 4.99 Å². The first-order valence-electron chi connectivity index (χ1n) is 9.09. The molecule has 2 aliphatic rings. The van der Waals surface area contributed by atoms with Crippen LogP contribution in [-0.4, -0.2) is 65.6 Å². The Hall–Kier alpha value is -2.84. The number of aliphatic imine (C=N–C) groups is 1. The zero-order chi connectivity index (χ0) is 19.5. The van der Waals surface area contributed by atoms with E-state index in [0.717, 1.165) is 18.0 Å². The normalized spacial score (nSPS) is 22.8. The number of rotatable bonds is 4. The maximum absolute atomic E-state index is 13.8. The van der Waals surface area contributed by atoms with Crippen LogP contribution in [0.3, 0.4) is 0 Å². The van der Waals surface area contributed by atoms with Gasteiger partial charge in [0, 0.05) is 38.1 Å². The number of benzene rings is 1. The highest BCUT2D eigenvalue weighted by molar-refractivity contribution is 6.07. The van der Waals surface area contributed by atoms with E-state index >= 15 is 0 Å². The van der Waals surface area contributed by atoms with Crippen LogP contribution in [0, 0.1) is 5.82 Å². The van der Waals surface area contributed by atoms with Crippen molar-refractivity contribution in [3.63, 3.8) is 0 Å². The van der Waals surface area contributed by atoms with Gasteiger partial charge in [-0.15, -0.1) is 0 Å². The molecule has 0 amide bonds. The van der Waals surface area contributed by atoms with Crippen molar-refractivity contribution in [1.82, 2.24) is 19.8 Å². The topological polar surface area (TPSA) is 63.1 Å². The van der Waals surface area contributed by atoms with E-state index in [2.05, 4.69) is 14.9 Å². The van der Waals surface area contributed by atoms with Gasteiger partial charge in [0.15, 0.2) is 6.29 Å². The van der Waals surface area contributed by atoms with Gasteiger partial charge in [-0.1, -0.05) is 0 Å². The van der Waals surface area contributed by atoms with E-state index in [1.54, 1.807) is 19.4 Å². The predicted molar refractivity (Wildman–Crippen MR) is 102 cm³/mol. The molecule has 1 fully saturated rings. The molecule has 28 heavy (non-hydrogen) atoms. The molecule has 0 spiro atoms. The largest absolute Gasteiger partial charge is 0.496 e. The fourth-order valence-corrected chi connectivity index (χ4v) is 3.48. The number of ether oxygens (including phenoxy) is 2. The molecule has 1 saturated heterocycles. The third-order valence-corrected chi connectivity index (χ3v) is 4.89. The highest BCUT2D eigenvalue weighted by atomic mass is 19.1. The summed E-state index contributed by atoms with van der Waals surface area (Å²) in [5, 5.41) is 0. The molecule has 8 heteroatoms. The molecule has 2 unspecified atom stereocenters. The van der Waals surface area contributed by atoms with E-state index < -0.39 is 0 Å². The SMILES string of the molecule is COc1ccc(F)cc1C1CN(C2N=C(c3ccncn3)C=CN2C)CCO1. The minimum Gasteiger partial charge on any atom is -0.496 e. The van der Waals surface area contributed by atoms with Gasteiger partial charge in [0.1, 0.15) is 17.9 Å². The lowest BCUT2D eigenvalue weighted by atomic mass is 10.1. The fraction of sp³-hybridized carbons (Fsp3) is 0.350. The monoisotopic (exact) mass is 383 g/mol. The second-order valence-corrected chi connectivity index (χ2v) is 6.68. The second kappa shape index (κ2) is 8.04. The number of hydrogen-bond acceptors (Lipinski definition) is 7. The molecule has 0 N–H and O–H groups in total. The van der Waals surface area contributed by atoms with Crippen molar-refractivity contribution in [1.29, 1.82) is 0 Å². The van der Waals surface area contributed by atoms with Gasteiger partial charge in [0.2, 0.25) is 0 Å². The molecule has 2 aliphatic heterocycles. The molecular formula is C20H22FN5O2. The summed E-state index contributed by atoms with van der Waals surface area (Å²) in [5.41, 5.74) is 2.29.